The van der Waals surface area contributed by atoms with Gasteiger partial charge in [0.1, 0.15) is 0 Å². The molecule has 2 aromatic carbocycles. The van der Waals surface area contributed by atoms with Gasteiger partial charge in [0.25, 0.3) is 5.56 Å². The van der Waals surface area contributed by atoms with Crippen molar-refractivity contribution < 1.29 is 4.79 Å². The number of rotatable bonds is 7. The van der Waals surface area contributed by atoms with Gasteiger partial charge in [0.15, 0.2) is 16.9 Å². The smallest absolute Gasteiger partial charge is 0.317 e. The molecule has 7 nitrogen and oxygen atoms in total. The first-order chi connectivity index (χ1) is 15.8. The lowest BCUT2D eigenvalue weighted by molar-refractivity contribution is 0.0973. The van der Waals surface area contributed by atoms with E-state index in [0.29, 0.717) is 27.7 Å². The van der Waals surface area contributed by atoms with Gasteiger partial charge in [0, 0.05) is 17.1 Å². The van der Waals surface area contributed by atoms with Crippen molar-refractivity contribution in [3.8, 4) is 5.69 Å². The molecule has 0 spiro atoms. The van der Waals surface area contributed by atoms with E-state index in [1.54, 1.807) is 48.5 Å². The number of hydrogen-bond acceptors (Lipinski definition) is 4. The molecule has 0 N–H and O–H groups in total. The summed E-state index contributed by atoms with van der Waals surface area (Å²) in [5, 5.41) is 0.873. The highest BCUT2D eigenvalue weighted by Gasteiger charge is 2.21. The Labute approximate surface area is 199 Å². The summed E-state index contributed by atoms with van der Waals surface area (Å²) in [5.74, 6) is 0.0757. The molecule has 0 bridgehead atoms. The molecule has 170 valence electrons. The monoisotopic (exact) mass is 484 g/mol. The van der Waals surface area contributed by atoms with Gasteiger partial charge in [-0.3, -0.25) is 14.2 Å². The SMILES string of the molecule is CC(C)CCn1c(=O)c2c(ncn2CC(=O)c2ccc(Cl)cc2)n(-c2ccccc2Cl)c1=O. The van der Waals surface area contributed by atoms with Crippen molar-refractivity contribution in [3.63, 3.8) is 0 Å². The van der Waals surface area contributed by atoms with Gasteiger partial charge in [-0.2, -0.15) is 0 Å². The van der Waals surface area contributed by atoms with E-state index in [4.69, 9.17) is 23.2 Å². The number of carbonyl (C=O) groups excluding carboxylic acids is 1. The predicted octanol–water partition coefficient (Wildman–Crippen LogP) is 4.58. The number of para-hydroxylation sites is 1. The second-order valence-electron chi connectivity index (χ2n) is 8.18. The number of nitrogens with zero attached hydrogens (tertiary/aromatic N) is 4. The zero-order chi connectivity index (χ0) is 23.7. The zero-order valence-electron chi connectivity index (χ0n) is 18.2. The summed E-state index contributed by atoms with van der Waals surface area (Å²) in [6, 6.07) is 13.4. The van der Waals surface area contributed by atoms with Crippen LogP contribution < -0.4 is 11.2 Å². The molecule has 0 amide bonds. The normalized spacial score (nSPS) is 11.4. The first-order valence-electron chi connectivity index (χ1n) is 10.5. The van der Waals surface area contributed by atoms with Crippen LogP contribution in [0, 0.1) is 5.92 Å². The van der Waals surface area contributed by atoms with E-state index >= 15 is 0 Å². The Morgan fingerprint density at radius 3 is 2.39 bits per heavy atom. The first kappa shape index (κ1) is 23.0. The van der Waals surface area contributed by atoms with Crippen molar-refractivity contribution >= 4 is 40.1 Å². The predicted molar refractivity (Wildman–Crippen MR) is 130 cm³/mol. The second-order valence-corrected chi connectivity index (χ2v) is 9.03. The summed E-state index contributed by atoms with van der Waals surface area (Å²) in [6.07, 6.45) is 2.04. The molecule has 0 saturated heterocycles. The van der Waals surface area contributed by atoms with Crippen molar-refractivity contribution in [2.24, 2.45) is 5.92 Å². The van der Waals surface area contributed by atoms with Crippen molar-refractivity contribution in [3.05, 3.63) is 91.3 Å². The quantitative estimate of drug-likeness (QED) is 0.359. The molecule has 0 fully saturated rings. The van der Waals surface area contributed by atoms with Crippen molar-refractivity contribution in [1.29, 1.82) is 0 Å². The molecular formula is C24H22Cl2N4O3. The molecule has 0 unspecified atom stereocenters. The lowest BCUT2D eigenvalue weighted by Gasteiger charge is -2.14. The van der Waals surface area contributed by atoms with Crippen LogP contribution in [0.25, 0.3) is 16.9 Å². The van der Waals surface area contributed by atoms with Crippen molar-refractivity contribution in [2.75, 3.05) is 0 Å². The van der Waals surface area contributed by atoms with Gasteiger partial charge in [-0.25, -0.2) is 14.3 Å². The summed E-state index contributed by atoms with van der Waals surface area (Å²) in [6.45, 7) is 4.17. The van der Waals surface area contributed by atoms with Gasteiger partial charge in [-0.15, -0.1) is 0 Å². The molecule has 0 aliphatic rings. The molecular weight excluding hydrogens is 463 g/mol. The van der Waals surface area contributed by atoms with Crippen LogP contribution in [0.15, 0.2) is 64.4 Å². The van der Waals surface area contributed by atoms with Crippen LogP contribution in [0.1, 0.15) is 30.6 Å². The van der Waals surface area contributed by atoms with Gasteiger partial charge >= 0.3 is 5.69 Å². The highest BCUT2D eigenvalue weighted by atomic mass is 35.5. The van der Waals surface area contributed by atoms with E-state index in [-0.39, 0.29) is 36.0 Å². The Kier molecular flexibility index (Phi) is 6.54. The highest BCUT2D eigenvalue weighted by Crippen LogP contribution is 2.21. The van der Waals surface area contributed by atoms with Gasteiger partial charge in [0.05, 0.1) is 23.6 Å². The number of hydrogen-bond donors (Lipinski definition) is 0. The number of ketones is 1. The molecule has 4 aromatic rings. The molecule has 0 atom stereocenters. The molecule has 0 aliphatic carbocycles. The van der Waals surface area contributed by atoms with Crippen LogP contribution >= 0.6 is 23.2 Å². The molecule has 2 heterocycles. The Balaban J connectivity index is 1.91. The third kappa shape index (κ3) is 4.51. The van der Waals surface area contributed by atoms with E-state index in [9.17, 15) is 14.4 Å². The Hall–Kier alpha value is -3.16. The van der Waals surface area contributed by atoms with Crippen LogP contribution in [0.3, 0.4) is 0 Å². The van der Waals surface area contributed by atoms with E-state index in [2.05, 4.69) is 4.98 Å². The maximum Gasteiger partial charge on any atom is 0.337 e. The fourth-order valence-corrected chi connectivity index (χ4v) is 3.96. The number of Topliss-reactive ketones (excluding diaryl/α,β-unsaturated/α-hetero) is 1. The number of aromatic nitrogens is 4. The lowest BCUT2D eigenvalue weighted by atomic mass is 10.1. The van der Waals surface area contributed by atoms with Crippen molar-refractivity contribution in [2.45, 2.75) is 33.4 Å². The fraction of sp³-hybridized carbons (Fsp3) is 0.250. The number of imidazole rings is 1. The van der Waals surface area contributed by atoms with E-state index in [0.717, 1.165) is 0 Å². The molecule has 33 heavy (non-hydrogen) atoms. The van der Waals surface area contributed by atoms with Crippen LogP contribution in [0.4, 0.5) is 0 Å². The zero-order valence-corrected chi connectivity index (χ0v) is 19.7. The van der Waals surface area contributed by atoms with Crippen LogP contribution in [0.2, 0.25) is 10.0 Å². The average molecular weight is 485 g/mol. The van der Waals surface area contributed by atoms with Crippen LogP contribution in [-0.2, 0) is 13.1 Å². The highest BCUT2D eigenvalue weighted by molar-refractivity contribution is 6.32. The first-order valence-corrected chi connectivity index (χ1v) is 11.3. The minimum absolute atomic E-state index is 0.113. The van der Waals surface area contributed by atoms with Crippen molar-refractivity contribution in [1.82, 2.24) is 18.7 Å². The number of fused-ring (bicyclic) bond motifs is 1. The number of benzene rings is 2. The van der Waals surface area contributed by atoms with E-state index in [1.807, 2.05) is 13.8 Å². The second kappa shape index (κ2) is 9.37. The fourth-order valence-electron chi connectivity index (χ4n) is 3.62. The summed E-state index contributed by atoms with van der Waals surface area (Å²) < 4.78 is 4.01. The van der Waals surface area contributed by atoms with Crippen LogP contribution in [0.5, 0.6) is 0 Å². The average Bonchev–Trinajstić information content (AvgIpc) is 3.18. The Bertz CT molecular complexity index is 1450. The topological polar surface area (TPSA) is 78.9 Å². The van der Waals surface area contributed by atoms with Gasteiger partial charge < -0.3 is 4.57 Å². The van der Waals surface area contributed by atoms with E-state index < -0.39 is 11.2 Å². The largest absolute Gasteiger partial charge is 0.337 e. The standard InChI is InChI=1S/C24H22Cl2N4O3/c1-15(2)11-12-29-23(32)21-22(30(24(29)33)19-6-4-3-5-18(19)26)27-14-28(21)13-20(31)16-7-9-17(25)10-8-16/h3-10,14-15H,11-13H2,1-2H3. The molecule has 2 aromatic heterocycles. The molecule has 4 rings (SSSR count). The minimum atomic E-state index is -0.518. The number of carbonyl (C=O) groups is 1. The summed E-state index contributed by atoms with van der Waals surface area (Å²) in [4.78, 5) is 44.0. The third-order valence-corrected chi connectivity index (χ3v) is 5.98. The molecule has 9 heteroatoms. The van der Waals surface area contributed by atoms with Gasteiger partial charge in [-0.1, -0.05) is 49.2 Å². The minimum Gasteiger partial charge on any atom is -0.317 e. The molecule has 0 radical (unpaired) electrons. The van der Waals surface area contributed by atoms with Gasteiger partial charge in [-0.05, 0) is 48.7 Å². The maximum atomic E-state index is 13.4. The molecule has 0 saturated carbocycles. The number of halogens is 2. The summed E-state index contributed by atoms with van der Waals surface area (Å²) in [5.41, 5.74) is 0.196. The lowest BCUT2D eigenvalue weighted by Crippen LogP contribution is -2.40. The summed E-state index contributed by atoms with van der Waals surface area (Å²) in [7, 11) is 0. The maximum absolute atomic E-state index is 13.4. The Morgan fingerprint density at radius 2 is 1.73 bits per heavy atom. The Morgan fingerprint density at radius 1 is 1.03 bits per heavy atom. The van der Waals surface area contributed by atoms with Gasteiger partial charge in [0.2, 0.25) is 0 Å². The summed E-state index contributed by atoms with van der Waals surface area (Å²) >= 11 is 12.3. The third-order valence-electron chi connectivity index (χ3n) is 5.40. The van der Waals surface area contributed by atoms with E-state index in [1.165, 1.54) is 20.0 Å². The van der Waals surface area contributed by atoms with Crippen LogP contribution in [-0.4, -0.2) is 24.5 Å². The molecule has 0 aliphatic heterocycles.